The quantitative estimate of drug-likeness (QED) is 0.720. The minimum Gasteiger partial charge on any atom is -0.338 e. The van der Waals surface area contributed by atoms with Crippen molar-refractivity contribution >= 4 is 15.9 Å². The maximum Gasteiger partial charge on any atom is 0.219 e. The van der Waals surface area contributed by atoms with Gasteiger partial charge in [-0.3, -0.25) is 9.69 Å². The van der Waals surface area contributed by atoms with Gasteiger partial charge in [0.15, 0.2) is 0 Å². The lowest BCUT2D eigenvalue weighted by molar-refractivity contribution is -0.130. The first-order valence-corrected chi connectivity index (χ1v) is 9.73. The van der Waals surface area contributed by atoms with Gasteiger partial charge in [-0.25, -0.2) is 13.1 Å². The topological polar surface area (TPSA) is 69.7 Å². The number of carbonyl (C=O) groups excluding carboxylic acids is 1. The Kier molecular flexibility index (Phi) is 5.62. The first kappa shape index (κ1) is 16.7. The van der Waals surface area contributed by atoms with E-state index in [1.165, 1.54) is 12.7 Å². The molecule has 7 heteroatoms. The zero-order valence-corrected chi connectivity index (χ0v) is 13.9. The summed E-state index contributed by atoms with van der Waals surface area (Å²) >= 11 is 0. The fraction of sp³-hybridized carbons (Fsp3) is 0.929. The number of carbonyl (C=O) groups is 1. The summed E-state index contributed by atoms with van der Waals surface area (Å²) in [5.74, 6) is 0.183. The average Bonchev–Trinajstić information content (AvgIpc) is 3.01. The molecule has 2 rings (SSSR count). The van der Waals surface area contributed by atoms with Crippen LogP contribution >= 0.6 is 0 Å². The number of likely N-dealkylation sites (tertiary alicyclic amines) is 2. The number of amides is 1. The minimum absolute atomic E-state index is 0.183. The molecule has 2 fully saturated rings. The second-order valence-corrected chi connectivity index (χ2v) is 8.02. The van der Waals surface area contributed by atoms with Crippen LogP contribution in [0.25, 0.3) is 0 Å². The second kappa shape index (κ2) is 7.07. The molecule has 2 aliphatic heterocycles. The molecular formula is C14H27N3O3S. The molecule has 0 aromatic rings. The predicted molar refractivity (Wildman–Crippen MR) is 82.5 cm³/mol. The van der Waals surface area contributed by atoms with Gasteiger partial charge in [0.1, 0.15) is 0 Å². The Morgan fingerprint density at radius 3 is 2.52 bits per heavy atom. The summed E-state index contributed by atoms with van der Waals surface area (Å²) in [7, 11) is -3.09. The van der Waals surface area contributed by atoms with E-state index in [1.807, 2.05) is 4.90 Å². The second-order valence-electron chi connectivity index (χ2n) is 6.19. The van der Waals surface area contributed by atoms with E-state index < -0.39 is 10.0 Å². The number of sulfonamides is 1. The van der Waals surface area contributed by atoms with Crippen LogP contribution in [0.2, 0.25) is 0 Å². The summed E-state index contributed by atoms with van der Waals surface area (Å²) in [6, 6.07) is 0.808. The van der Waals surface area contributed by atoms with Crippen LogP contribution in [-0.2, 0) is 14.8 Å². The van der Waals surface area contributed by atoms with E-state index in [0.29, 0.717) is 18.6 Å². The zero-order valence-electron chi connectivity index (χ0n) is 13.0. The Morgan fingerprint density at radius 2 is 1.86 bits per heavy atom. The van der Waals surface area contributed by atoms with Gasteiger partial charge in [-0.1, -0.05) is 0 Å². The fourth-order valence-corrected chi connectivity index (χ4v) is 4.20. The molecule has 0 aromatic carbocycles. The number of hydrogen-bond donors (Lipinski definition) is 1. The highest BCUT2D eigenvalue weighted by Crippen LogP contribution is 2.30. The van der Waals surface area contributed by atoms with Crippen molar-refractivity contribution in [1.82, 2.24) is 14.5 Å². The van der Waals surface area contributed by atoms with Gasteiger partial charge in [0.05, 0.1) is 6.26 Å². The first-order valence-electron chi connectivity index (χ1n) is 7.84. The molecule has 1 amide bonds. The van der Waals surface area contributed by atoms with Gasteiger partial charge in [-0.05, 0) is 45.2 Å². The van der Waals surface area contributed by atoms with E-state index in [1.54, 1.807) is 6.92 Å². The number of nitrogens with one attached hydrogen (secondary N) is 1. The summed E-state index contributed by atoms with van der Waals surface area (Å²) in [4.78, 5) is 16.2. The third kappa shape index (κ3) is 4.66. The molecule has 2 saturated heterocycles. The van der Waals surface area contributed by atoms with Crippen LogP contribution in [0.15, 0.2) is 0 Å². The molecule has 0 spiro atoms. The number of hydrogen-bond acceptors (Lipinski definition) is 4. The molecule has 122 valence electrons. The lowest BCUT2D eigenvalue weighted by Crippen LogP contribution is -2.48. The van der Waals surface area contributed by atoms with Crippen LogP contribution in [0.5, 0.6) is 0 Å². The van der Waals surface area contributed by atoms with Crippen LogP contribution in [0.1, 0.15) is 39.0 Å². The van der Waals surface area contributed by atoms with Crippen molar-refractivity contribution in [3.63, 3.8) is 0 Å². The van der Waals surface area contributed by atoms with E-state index in [4.69, 9.17) is 0 Å². The van der Waals surface area contributed by atoms with E-state index in [9.17, 15) is 13.2 Å². The highest BCUT2D eigenvalue weighted by molar-refractivity contribution is 7.88. The Labute approximate surface area is 127 Å². The third-order valence-electron chi connectivity index (χ3n) is 4.55. The van der Waals surface area contributed by atoms with E-state index in [-0.39, 0.29) is 5.91 Å². The maximum absolute atomic E-state index is 11.7. The molecule has 21 heavy (non-hydrogen) atoms. The molecule has 0 aliphatic carbocycles. The average molecular weight is 317 g/mol. The number of rotatable bonds is 6. The highest BCUT2D eigenvalue weighted by Gasteiger charge is 2.38. The lowest BCUT2D eigenvalue weighted by atomic mass is 10.0. The summed E-state index contributed by atoms with van der Waals surface area (Å²) in [5.41, 5.74) is 0. The molecule has 0 radical (unpaired) electrons. The molecule has 1 N–H and O–H groups in total. The van der Waals surface area contributed by atoms with Crippen molar-refractivity contribution in [2.45, 2.75) is 51.1 Å². The summed E-state index contributed by atoms with van der Waals surface area (Å²) < 4.78 is 24.6. The third-order valence-corrected chi connectivity index (χ3v) is 5.28. The molecule has 0 aromatic heterocycles. The monoisotopic (exact) mass is 317 g/mol. The zero-order chi connectivity index (χ0) is 15.5. The van der Waals surface area contributed by atoms with Gasteiger partial charge < -0.3 is 4.90 Å². The first-order chi connectivity index (χ1) is 9.88. The van der Waals surface area contributed by atoms with Gasteiger partial charge >= 0.3 is 0 Å². The van der Waals surface area contributed by atoms with Crippen molar-refractivity contribution in [1.29, 1.82) is 0 Å². The molecule has 0 bridgehead atoms. The van der Waals surface area contributed by atoms with Gasteiger partial charge in [-0.15, -0.1) is 0 Å². The fourth-order valence-electron chi connectivity index (χ4n) is 3.69. The van der Waals surface area contributed by atoms with Crippen LogP contribution in [0.3, 0.4) is 0 Å². The molecule has 0 unspecified atom stereocenters. The van der Waals surface area contributed by atoms with Crippen LogP contribution < -0.4 is 4.72 Å². The Bertz CT molecular complexity index is 466. The van der Waals surface area contributed by atoms with Crippen LogP contribution in [0.4, 0.5) is 0 Å². The Morgan fingerprint density at radius 1 is 1.19 bits per heavy atom. The minimum atomic E-state index is -3.09. The van der Waals surface area contributed by atoms with Crippen molar-refractivity contribution in [3.8, 4) is 0 Å². The Hall–Kier alpha value is -0.660. The maximum atomic E-state index is 11.7. The van der Waals surface area contributed by atoms with Crippen molar-refractivity contribution in [2.24, 2.45) is 0 Å². The van der Waals surface area contributed by atoms with Crippen LogP contribution in [0, 0.1) is 0 Å². The summed E-state index contributed by atoms with van der Waals surface area (Å²) in [6.07, 6.45) is 6.53. The van der Waals surface area contributed by atoms with Gasteiger partial charge in [0, 0.05) is 32.1 Å². The molecule has 6 nitrogen and oxygen atoms in total. The molecule has 2 atom stereocenters. The summed E-state index contributed by atoms with van der Waals surface area (Å²) in [5, 5.41) is 0. The molecule has 0 saturated carbocycles. The standard InChI is InChI=1S/C14H27N3O3S/c1-12(18)17-11-4-7-14(17)13-6-3-9-16(13)10-5-8-15-21(2,19)20/h13-15H,3-11H2,1-2H3/t13-,14-/m0/s1. The van der Waals surface area contributed by atoms with Gasteiger partial charge in [-0.2, -0.15) is 0 Å². The molecule has 2 aliphatic rings. The van der Waals surface area contributed by atoms with Gasteiger partial charge in [0.25, 0.3) is 0 Å². The van der Waals surface area contributed by atoms with Gasteiger partial charge in [0.2, 0.25) is 15.9 Å². The predicted octanol–water partition coefficient (Wildman–Crippen LogP) is 0.401. The smallest absolute Gasteiger partial charge is 0.219 e. The van der Waals surface area contributed by atoms with Crippen LogP contribution in [-0.4, -0.2) is 68.6 Å². The lowest BCUT2D eigenvalue weighted by Gasteiger charge is -2.34. The van der Waals surface area contributed by atoms with E-state index in [2.05, 4.69) is 9.62 Å². The summed E-state index contributed by atoms with van der Waals surface area (Å²) in [6.45, 7) is 5.00. The van der Waals surface area contributed by atoms with E-state index in [0.717, 1.165) is 45.3 Å². The molecule has 2 heterocycles. The normalized spacial score (nSPS) is 27.4. The highest BCUT2D eigenvalue weighted by atomic mass is 32.2. The molecular weight excluding hydrogens is 290 g/mol. The van der Waals surface area contributed by atoms with E-state index >= 15 is 0 Å². The SMILES string of the molecule is CC(=O)N1CCC[C@H]1[C@@H]1CCCN1CCCNS(C)(=O)=O. The largest absolute Gasteiger partial charge is 0.338 e. The Balaban J connectivity index is 1.84. The number of nitrogens with zero attached hydrogens (tertiary/aromatic N) is 2. The van der Waals surface area contributed by atoms with Crippen molar-refractivity contribution < 1.29 is 13.2 Å². The van der Waals surface area contributed by atoms with Crippen molar-refractivity contribution in [2.75, 3.05) is 32.4 Å². The van der Waals surface area contributed by atoms with Crippen molar-refractivity contribution in [3.05, 3.63) is 0 Å².